The van der Waals surface area contributed by atoms with E-state index in [1.54, 1.807) is 0 Å². The van der Waals surface area contributed by atoms with E-state index in [-0.39, 0.29) is 0 Å². The third-order valence-electron chi connectivity index (χ3n) is 2.93. The van der Waals surface area contributed by atoms with Crippen LogP contribution in [0.5, 0.6) is 0 Å². The Bertz CT molecular complexity index is 471. The van der Waals surface area contributed by atoms with Gasteiger partial charge >= 0.3 is 0 Å². The van der Waals surface area contributed by atoms with Gasteiger partial charge in [-0.1, -0.05) is 24.8 Å². The Kier molecular flexibility index (Phi) is 2.91. The zero-order chi connectivity index (χ0) is 11.5. The maximum absolute atomic E-state index is 10.9. The van der Waals surface area contributed by atoms with Crippen LogP contribution in [0.4, 0.5) is 5.69 Å². The minimum atomic E-state index is 0.739. The number of allylic oxidation sites excluding steroid dienone is 3. The van der Waals surface area contributed by atoms with Gasteiger partial charge in [0.25, 0.3) is 0 Å². The Morgan fingerprint density at radius 2 is 2.06 bits per heavy atom. The number of aryl methyl sites for hydroxylation is 1. The summed E-state index contributed by atoms with van der Waals surface area (Å²) in [6.45, 7) is 5.94. The summed E-state index contributed by atoms with van der Waals surface area (Å²) in [4.78, 5) is 10.9. The lowest BCUT2D eigenvalue weighted by atomic mass is 10.1. The van der Waals surface area contributed by atoms with Crippen LogP contribution in [-0.2, 0) is 4.79 Å². The van der Waals surface area contributed by atoms with Gasteiger partial charge in [0.1, 0.15) is 0 Å². The second-order valence-electron chi connectivity index (χ2n) is 4.05. The molecule has 1 aliphatic rings. The molecule has 1 N–H and O–H groups in total. The van der Waals surface area contributed by atoms with Crippen LogP contribution in [0.15, 0.2) is 47.7 Å². The van der Waals surface area contributed by atoms with Gasteiger partial charge in [-0.25, -0.2) is 0 Å². The molecule has 16 heavy (non-hydrogen) atoms. The average molecular weight is 213 g/mol. The van der Waals surface area contributed by atoms with Crippen molar-refractivity contribution in [2.45, 2.75) is 19.8 Å². The van der Waals surface area contributed by atoms with Crippen molar-refractivity contribution in [3.05, 3.63) is 53.3 Å². The molecule has 0 unspecified atom stereocenters. The van der Waals surface area contributed by atoms with Gasteiger partial charge < -0.3 is 5.32 Å². The van der Waals surface area contributed by atoms with Gasteiger partial charge in [-0.05, 0) is 37.0 Å². The molecule has 0 amide bonds. The summed E-state index contributed by atoms with van der Waals surface area (Å²) in [6, 6.07) is 8.06. The van der Waals surface area contributed by atoms with E-state index in [4.69, 9.17) is 0 Å². The van der Waals surface area contributed by atoms with Crippen molar-refractivity contribution in [1.82, 2.24) is 0 Å². The van der Waals surface area contributed by atoms with Crippen molar-refractivity contribution >= 4 is 12.0 Å². The number of benzene rings is 1. The predicted molar refractivity (Wildman–Crippen MR) is 66.3 cm³/mol. The quantitative estimate of drug-likeness (QED) is 0.781. The van der Waals surface area contributed by atoms with E-state index in [9.17, 15) is 4.79 Å². The Hall–Kier alpha value is -1.83. The van der Waals surface area contributed by atoms with E-state index in [1.165, 1.54) is 5.56 Å². The average Bonchev–Trinajstić information content (AvgIpc) is 2.63. The first-order chi connectivity index (χ1) is 7.72. The van der Waals surface area contributed by atoms with E-state index in [0.717, 1.165) is 41.7 Å². The minimum absolute atomic E-state index is 0.739. The van der Waals surface area contributed by atoms with Gasteiger partial charge in [0.15, 0.2) is 6.29 Å². The highest BCUT2D eigenvalue weighted by molar-refractivity contribution is 5.84. The minimum Gasteiger partial charge on any atom is -0.358 e. The van der Waals surface area contributed by atoms with Crippen LogP contribution in [0.3, 0.4) is 0 Å². The molecule has 2 rings (SSSR count). The third kappa shape index (κ3) is 1.91. The molecule has 0 bridgehead atoms. The Morgan fingerprint density at radius 1 is 1.31 bits per heavy atom. The third-order valence-corrected chi connectivity index (χ3v) is 2.93. The number of carbonyl (C=O) groups excluding carboxylic acids is 1. The smallest absolute Gasteiger partial charge is 0.152 e. The standard InChI is InChI=1S/C14H15NO/c1-10-7-8-14(12(10)9-16)15-13-6-4-3-5-11(13)2/h3-6,9,15H,1,7-8H2,2H3. The van der Waals surface area contributed by atoms with Gasteiger partial charge in [-0.2, -0.15) is 0 Å². The number of para-hydroxylation sites is 1. The monoisotopic (exact) mass is 213 g/mol. The summed E-state index contributed by atoms with van der Waals surface area (Å²) in [7, 11) is 0. The largest absolute Gasteiger partial charge is 0.358 e. The van der Waals surface area contributed by atoms with Crippen LogP contribution in [0.1, 0.15) is 18.4 Å². The molecule has 0 aliphatic heterocycles. The zero-order valence-electron chi connectivity index (χ0n) is 9.42. The number of hydrogen-bond donors (Lipinski definition) is 1. The number of rotatable bonds is 3. The zero-order valence-corrected chi connectivity index (χ0v) is 9.42. The number of hydrogen-bond acceptors (Lipinski definition) is 2. The second-order valence-corrected chi connectivity index (χ2v) is 4.05. The molecule has 0 heterocycles. The van der Waals surface area contributed by atoms with Gasteiger partial charge in [-0.3, -0.25) is 4.79 Å². The lowest BCUT2D eigenvalue weighted by Crippen LogP contribution is -2.01. The van der Waals surface area contributed by atoms with Crippen molar-refractivity contribution in [3.8, 4) is 0 Å². The van der Waals surface area contributed by atoms with Crippen molar-refractivity contribution in [3.63, 3.8) is 0 Å². The van der Waals surface area contributed by atoms with E-state index in [0.29, 0.717) is 0 Å². The summed E-state index contributed by atoms with van der Waals surface area (Å²) in [6.07, 6.45) is 2.65. The predicted octanol–water partition coefficient (Wildman–Crippen LogP) is 3.21. The Morgan fingerprint density at radius 3 is 2.75 bits per heavy atom. The Balaban J connectivity index is 2.29. The molecule has 0 spiro atoms. The van der Waals surface area contributed by atoms with Crippen LogP contribution in [0.2, 0.25) is 0 Å². The first-order valence-corrected chi connectivity index (χ1v) is 5.41. The highest BCUT2D eigenvalue weighted by Gasteiger charge is 2.17. The van der Waals surface area contributed by atoms with E-state index in [1.807, 2.05) is 31.2 Å². The van der Waals surface area contributed by atoms with Crippen molar-refractivity contribution in [1.29, 1.82) is 0 Å². The second kappa shape index (κ2) is 4.35. The molecule has 0 fully saturated rings. The number of aldehydes is 1. The number of carbonyl (C=O) groups is 1. The SMILES string of the molecule is C=C1CCC(Nc2ccccc2C)=C1C=O. The number of nitrogens with one attached hydrogen (secondary N) is 1. The van der Waals surface area contributed by atoms with Gasteiger partial charge in [-0.15, -0.1) is 0 Å². The maximum Gasteiger partial charge on any atom is 0.152 e. The maximum atomic E-state index is 10.9. The number of anilines is 1. The summed E-state index contributed by atoms with van der Waals surface area (Å²) in [5.74, 6) is 0. The van der Waals surface area contributed by atoms with Crippen LogP contribution < -0.4 is 5.32 Å². The molecule has 1 aromatic rings. The van der Waals surface area contributed by atoms with Gasteiger partial charge in [0.2, 0.25) is 0 Å². The van der Waals surface area contributed by atoms with Crippen LogP contribution >= 0.6 is 0 Å². The molecule has 2 nitrogen and oxygen atoms in total. The lowest BCUT2D eigenvalue weighted by Gasteiger charge is -2.10. The topological polar surface area (TPSA) is 29.1 Å². The summed E-state index contributed by atoms with van der Waals surface area (Å²) < 4.78 is 0. The van der Waals surface area contributed by atoms with Crippen molar-refractivity contribution < 1.29 is 4.79 Å². The lowest BCUT2D eigenvalue weighted by molar-refractivity contribution is -0.104. The normalized spacial score (nSPS) is 15.4. The molecule has 0 aromatic heterocycles. The van der Waals surface area contributed by atoms with E-state index >= 15 is 0 Å². The first-order valence-electron chi connectivity index (χ1n) is 5.41. The van der Waals surface area contributed by atoms with E-state index < -0.39 is 0 Å². The molecule has 82 valence electrons. The molecular weight excluding hydrogens is 198 g/mol. The Labute approximate surface area is 95.7 Å². The molecular formula is C14H15NO. The molecule has 0 atom stereocenters. The molecule has 1 aliphatic carbocycles. The fourth-order valence-corrected chi connectivity index (χ4v) is 1.92. The van der Waals surface area contributed by atoms with Crippen LogP contribution in [0, 0.1) is 6.92 Å². The fourth-order valence-electron chi connectivity index (χ4n) is 1.92. The van der Waals surface area contributed by atoms with Crippen molar-refractivity contribution in [2.75, 3.05) is 5.32 Å². The fraction of sp³-hybridized carbons (Fsp3) is 0.214. The highest BCUT2D eigenvalue weighted by atomic mass is 16.1. The first kappa shape index (κ1) is 10.7. The van der Waals surface area contributed by atoms with Gasteiger partial charge in [0, 0.05) is 17.0 Å². The molecule has 2 heteroatoms. The van der Waals surface area contributed by atoms with Crippen LogP contribution in [-0.4, -0.2) is 6.29 Å². The molecule has 0 radical (unpaired) electrons. The highest BCUT2D eigenvalue weighted by Crippen LogP contribution is 2.30. The molecule has 1 aromatic carbocycles. The van der Waals surface area contributed by atoms with E-state index in [2.05, 4.69) is 11.9 Å². The summed E-state index contributed by atoms with van der Waals surface area (Å²) in [5.41, 5.74) is 4.91. The summed E-state index contributed by atoms with van der Waals surface area (Å²) >= 11 is 0. The molecule has 0 saturated heterocycles. The summed E-state index contributed by atoms with van der Waals surface area (Å²) in [5, 5.41) is 3.33. The van der Waals surface area contributed by atoms with Gasteiger partial charge in [0.05, 0.1) is 0 Å². The molecule has 0 saturated carbocycles. The van der Waals surface area contributed by atoms with Crippen molar-refractivity contribution in [2.24, 2.45) is 0 Å². The van der Waals surface area contributed by atoms with Crippen LogP contribution in [0.25, 0.3) is 0 Å².